The maximum Gasteiger partial charge on any atom is 0.433 e. The number of rotatable bonds is 7. The van der Waals surface area contributed by atoms with Gasteiger partial charge in [0.1, 0.15) is 17.5 Å². The molecule has 11 heteroatoms. The van der Waals surface area contributed by atoms with E-state index in [0.29, 0.717) is 18.7 Å². The van der Waals surface area contributed by atoms with E-state index in [4.69, 9.17) is 9.47 Å². The zero-order valence-corrected chi connectivity index (χ0v) is 18.7. The Bertz CT molecular complexity index is 1210. The molecule has 176 valence electrons. The summed E-state index contributed by atoms with van der Waals surface area (Å²) >= 11 is 0. The van der Waals surface area contributed by atoms with Crippen LogP contribution in [0, 0.1) is 0 Å². The van der Waals surface area contributed by atoms with E-state index in [2.05, 4.69) is 9.97 Å². The van der Waals surface area contributed by atoms with Gasteiger partial charge in [0.25, 0.3) is 0 Å². The van der Waals surface area contributed by atoms with E-state index in [1.165, 1.54) is 0 Å². The Morgan fingerprint density at radius 3 is 2.70 bits per heavy atom. The maximum absolute atomic E-state index is 13.4. The van der Waals surface area contributed by atoms with Gasteiger partial charge < -0.3 is 14.4 Å². The van der Waals surface area contributed by atoms with Crippen LogP contribution in [0.1, 0.15) is 30.3 Å². The number of epoxide rings is 1. The van der Waals surface area contributed by atoms with Gasteiger partial charge in [-0.05, 0) is 30.2 Å². The number of hydrogen-bond acceptors (Lipinski definition) is 7. The first-order valence-electron chi connectivity index (χ1n) is 10.2. The van der Waals surface area contributed by atoms with Crippen molar-refractivity contribution in [1.82, 2.24) is 14.9 Å². The molecular weight excluding hydrogens is 459 g/mol. The minimum absolute atomic E-state index is 0.139. The summed E-state index contributed by atoms with van der Waals surface area (Å²) in [6.45, 7) is 3.01. The molecular formula is C22H22F3N3O4S. The van der Waals surface area contributed by atoms with E-state index in [1.807, 2.05) is 36.1 Å². The molecule has 0 aliphatic carbocycles. The van der Waals surface area contributed by atoms with Crippen molar-refractivity contribution in [3.63, 3.8) is 0 Å². The monoisotopic (exact) mass is 481 g/mol. The zero-order chi connectivity index (χ0) is 23.8. The topological polar surface area (TPSA) is 84.9 Å². The number of sulfone groups is 1. The van der Waals surface area contributed by atoms with Crippen LogP contribution in [-0.2, 0) is 27.3 Å². The fourth-order valence-corrected chi connectivity index (χ4v) is 3.88. The molecule has 1 aromatic carbocycles. The predicted molar refractivity (Wildman–Crippen MR) is 114 cm³/mol. The van der Waals surface area contributed by atoms with Gasteiger partial charge >= 0.3 is 6.18 Å². The van der Waals surface area contributed by atoms with E-state index in [9.17, 15) is 21.6 Å². The van der Waals surface area contributed by atoms with Crippen LogP contribution in [0.15, 0.2) is 53.8 Å². The van der Waals surface area contributed by atoms with Crippen LogP contribution < -0.4 is 4.74 Å². The quantitative estimate of drug-likeness (QED) is 0.439. The summed E-state index contributed by atoms with van der Waals surface area (Å²) in [5.74, 6) is 0.725. The molecule has 33 heavy (non-hydrogen) atoms. The van der Waals surface area contributed by atoms with Gasteiger partial charge in [0, 0.05) is 24.6 Å². The van der Waals surface area contributed by atoms with Crippen LogP contribution in [-0.4, -0.2) is 48.5 Å². The van der Waals surface area contributed by atoms with Crippen molar-refractivity contribution in [2.75, 3.05) is 12.9 Å². The highest BCUT2D eigenvalue weighted by molar-refractivity contribution is 7.90. The number of ether oxygens (including phenoxy) is 2. The normalized spacial score (nSPS) is 20.2. The first-order valence-corrected chi connectivity index (χ1v) is 12.1. The molecule has 7 nitrogen and oxygen atoms in total. The number of fused-ring (bicyclic) bond motifs is 1. The van der Waals surface area contributed by atoms with E-state index in [0.717, 1.165) is 30.1 Å². The van der Waals surface area contributed by atoms with Gasteiger partial charge in [-0.3, -0.25) is 0 Å². The number of halogens is 3. The lowest BCUT2D eigenvalue weighted by molar-refractivity contribution is -0.141. The van der Waals surface area contributed by atoms with Crippen molar-refractivity contribution in [2.45, 2.75) is 43.6 Å². The summed E-state index contributed by atoms with van der Waals surface area (Å²) in [6, 6.07) is 8.28. The Balaban J connectivity index is 1.69. The third-order valence-electron chi connectivity index (χ3n) is 4.96. The van der Waals surface area contributed by atoms with Crippen LogP contribution in [0.25, 0.3) is 5.57 Å². The van der Waals surface area contributed by atoms with Crippen LogP contribution in [0.3, 0.4) is 0 Å². The minimum Gasteiger partial charge on any atom is -0.494 e. The van der Waals surface area contributed by atoms with Crippen LogP contribution in [0.2, 0.25) is 0 Å². The number of nitrogens with zero attached hydrogens (tertiary/aromatic N) is 3. The Kier molecular flexibility index (Phi) is 6.19. The number of allylic oxidation sites excluding steroid dienone is 2. The molecule has 2 aliphatic heterocycles. The molecule has 0 N–H and O–H groups in total. The van der Waals surface area contributed by atoms with Gasteiger partial charge in [-0.1, -0.05) is 31.2 Å². The molecule has 2 atom stereocenters. The third-order valence-corrected chi connectivity index (χ3v) is 5.80. The molecule has 1 fully saturated rings. The Morgan fingerprint density at radius 1 is 1.21 bits per heavy atom. The van der Waals surface area contributed by atoms with Gasteiger partial charge in [-0.15, -0.1) is 0 Å². The molecule has 2 unspecified atom stereocenters. The molecule has 1 saturated heterocycles. The van der Waals surface area contributed by atoms with Gasteiger partial charge in [0.05, 0.1) is 12.3 Å². The van der Waals surface area contributed by atoms with Crippen molar-refractivity contribution in [3.8, 4) is 5.75 Å². The second kappa shape index (κ2) is 8.79. The molecule has 0 amide bonds. The van der Waals surface area contributed by atoms with Crippen molar-refractivity contribution in [3.05, 3.63) is 65.6 Å². The third kappa shape index (κ3) is 5.53. The Hall–Kier alpha value is -2.92. The first-order chi connectivity index (χ1) is 15.5. The highest BCUT2D eigenvalue weighted by Crippen LogP contribution is 2.36. The van der Waals surface area contributed by atoms with Crippen molar-refractivity contribution < 1.29 is 31.1 Å². The fourth-order valence-electron chi connectivity index (χ4n) is 3.35. The van der Waals surface area contributed by atoms with Crippen LogP contribution >= 0.6 is 0 Å². The van der Waals surface area contributed by atoms with Gasteiger partial charge in [0.15, 0.2) is 6.23 Å². The molecule has 2 aliphatic rings. The smallest absolute Gasteiger partial charge is 0.433 e. The summed E-state index contributed by atoms with van der Waals surface area (Å²) < 4.78 is 75.3. The van der Waals surface area contributed by atoms with E-state index >= 15 is 0 Å². The Morgan fingerprint density at radius 2 is 2.00 bits per heavy atom. The SMILES string of the molecule is CCCOc1cccc(CN2C=C(c3cc(C(F)(F)F)nc(S(C)(=O)=O)n3)C=CC3OC32)c1. The number of alkyl halides is 3. The van der Waals surface area contributed by atoms with Crippen molar-refractivity contribution in [2.24, 2.45) is 0 Å². The highest BCUT2D eigenvalue weighted by Gasteiger charge is 2.42. The highest BCUT2D eigenvalue weighted by atomic mass is 32.2. The number of hydrogen-bond donors (Lipinski definition) is 0. The first kappa shape index (κ1) is 23.2. The number of aromatic nitrogens is 2. The number of benzene rings is 1. The second-order valence-electron chi connectivity index (χ2n) is 7.79. The van der Waals surface area contributed by atoms with E-state index < -0.39 is 26.9 Å². The molecule has 0 spiro atoms. The van der Waals surface area contributed by atoms with Gasteiger partial charge in [-0.2, -0.15) is 13.2 Å². The molecule has 4 rings (SSSR count). The van der Waals surface area contributed by atoms with Crippen LogP contribution in [0.5, 0.6) is 5.75 Å². The summed E-state index contributed by atoms with van der Waals surface area (Å²) in [7, 11) is -4.06. The van der Waals surface area contributed by atoms with Gasteiger partial charge in [-0.25, -0.2) is 18.4 Å². The van der Waals surface area contributed by atoms with Crippen molar-refractivity contribution >= 4 is 15.4 Å². The van der Waals surface area contributed by atoms with Crippen molar-refractivity contribution in [1.29, 1.82) is 0 Å². The minimum atomic E-state index is -4.82. The lowest BCUT2D eigenvalue weighted by Gasteiger charge is -2.20. The molecule has 1 aromatic heterocycles. The average molecular weight is 481 g/mol. The van der Waals surface area contributed by atoms with Gasteiger partial charge in [0.2, 0.25) is 15.0 Å². The van der Waals surface area contributed by atoms with E-state index in [1.54, 1.807) is 18.4 Å². The average Bonchev–Trinajstić information content (AvgIpc) is 3.53. The molecule has 2 aromatic rings. The molecule has 0 radical (unpaired) electrons. The van der Waals surface area contributed by atoms with E-state index in [-0.39, 0.29) is 18.0 Å². The fraction of sp³-hybridized carbons (Fsp3) is 0.364. The second-order valence-corrected chi connectivity index (χ2v) is 9.70. The lowest BCUT2D eigenvalue weighted by Crippen LogP contribution is -2.22. The molecule has 0 bridgehead atoms. The Labute approximate surface area is 189 Å². The summed E-state index contributed by atoms with van der Waals surface area (Å²) in [5, 5.41) is -0.875. The molecule has 3 heterocycles. The largest absolute Gasteiger partial charge is 0.494 e. The summed E-state index contributed by atoms with van der Waals surface area (Å²) in [5.41, 5.74) is -0.214. The molecule has 0 saturated carbocycles. The standard InChI is InChI=1S/C22H22F3N3O4S/c1-3-9-31-16-6-4-5-14(10-16)12-28-13-15(7-8-18-20(28)32-18)17-11-19(22(23,24)25)27-21(26-17)33(2,29)30/h4-8,10-11,13,18,20H,3,9,12H2,1-2H3. The predicted octanol–water partition coefficient (Wildman–Crippen LogP) is 3.83. The summed E-state index contributed by atoms with van der Waals surface area (Å²) in [6.07, 6.45) is 1.24. The van der Waals surface area contributed by atoms with Crippen LogP contribution in [0.4, 0.5) is 13.2 Å². The summed E-state index contributed by atoms with van der Waals surface area (Å²) in [4.78, 5) is 8.96. The maximum atomic E-state index is 13.4. The lowest BCUT2D eigenvalue weighted by atomic mass is 10.1. The zero-order valence-electron chi connectivity index (χ0n) is 17.9.